The van der Waals surface area contributed by atoms with Crippen molar-refractivity contribution in [3.63, 3.8) is 0 Å². The van der Waals surface area contributed by atoms with Gasteiger partial charge in [0.2, 0.25) is 0 Å². The summed E-state index contributed by atoms with van der Waals surface area (Å²) in [6.07, 6.45) is 5.53. The lowest BCUT2D eigenvalue weighted by molar-refractivity contribution is 0.404. The molecular formula is C6H11IN2. The van der Waals surface area contributed by atoms with E-state index in [0.717, 1.165) is 6.54 Å². The number of hydrogen-bond donors (Lipinski definition) is 1. The van der Waals surface area contributed by atoms with Gasteiger partial charge in [0.1, 0.15) is 0 Å². The minimum Gasteiger partial charge on any atom is -0.381 e. The molecule has 9 heavy (non-hydrogen) atoms. The van der Waals surface area contributed by atoms with Crippen molar-refractivity contribution in [1.82, 2.24) is 8.43 Å². The normalized spacial score (nSPS) is 26.9. The maximum Gasteiger partial charge on any atom is 0.0377 e. The number of rotatable bonds is 1. The molecule has 3 heteroatoms. The Balaban J connectivity index is 2.38. The molecule has 0 aromatic rings. The Kier molecular flexibility index (Phi) is 2.78. The predicted octanol–water partition coefficient (Wildman–Crippen LogP) is 1.14. The van der Waals surface area contributed by atoms with Gasteiger partial charge in [0.15, 0.2) is 0 Å². The highest BCUT2D eigenvalue weighted by atomic mass is 127. The van der Waals surface area contributed by atoms with Gasteiger partial charge in [-0.25, -0.2) is 0 Å². The SMILES string of the molecule is CN1C=CC(NI)CC1. The van der Waals surface area contributed by atoms with E-state index in [1.54, 1.807) is 0 Å². The van der Waals surface area contributed by atoms with Crippen molar-refractivity contribution in [2.24, 2.45) is 0 Å². The summed E-state index contributed by atoms with van der Waals surface area (Å²) in [6.45, 7) is 1.16. The molecule has 0 aromatic heterocycles. The zero-order chi connectivity index (χ0) is 6.69. The molecule has 1 aliphatic heterocycles. The molecule has 1 atom stereocenters. The van der Waals surface area contributed by atoms with Crippen LogP contribution in [0.2, 0.25) is 0 Å². The molecule has 1 aliphatic rings. The van der Waals surface area contributed by atoms with Crippen molar-refractivity contribution in [3.8, 4) is 0 Å². The third-order valence-electron chi connectivity index (χ3n) is 1.51. The first-order valence-corrected chi connectivity index (χ1v) is 4.15. The summed E-state index contributed by atoms with van der Waals surface area (Å²) in [4.78, 5) is 2.20. The van der Waals surface area contributed by atoms with Crippen LogP contribution in [-0.2, 0) is 0 Å². The van der Waals surface area contributed by atoms with E-state index < -0.39 is 0 Å². The number of hydrogen-bond acceptors (Lipinski definition) is 2. The molecule has 0 aliphatic carbocycles. The molecule has 1 N–H and O–H groups in total. The lowest BCUT2D eigenvalue weighted by Gasteiger charge is -2.22. The molecule has 2 nitrogen and oxygen atoms in total. The molecule has 0 saturated carbocycles. The summed E-state index contributed by atoms with van der Waals surface area (Å²) in [5.74, 6) is 0. The Bertz CT molecular complexity index is 114. The van der Waals surface area contributed by atoms with Crippen LogP contribution in [0.25, 0.3) is 0 Å². The fourth-order valence-electron chi connectivity index (χ4n) is 0.855. The maximum absolute atomic E-state index is 3.18. The summed E-state index contributed by atoms with van der Waals surface area (Å²) >= 11 is 2.19. The van der Waals surface area contributed by atoms with Crippen LogP contribution in [0.3, 0.4) is 0 Å². The van der Waals surface area contributed by atoms with Crippen LogP contribution < -0.4 is 3.53 Å². The van der Waals surface area contributed by atoms with Gasteiger partial charge in [-0.1, -0.05) is 6.08 Å². The lowest BCUT2D eigenvalue weighted by atomic mass is 10.2. The topological polar surface area (TPSA) is 15.3 Å². The quantitative estimate of drug-likeness (QED) is 0.544. The molecule has 0 amide bonds. The Hall–Kier alpha value is 0.230. The van der Waals surface area contributed by atoms with E-state index in [-0.39, 0.29) is 0 Å². The molecule has 0 aromatic carbocycles. The van der Waals surface area contributed by atoms with Crippen LogP contribution in [0.15, 0.2) is 12.3 Å². The van der Waals surface area contributed by atoms with Crippen LogP contribution >= 0.6 is 22.9 Å². The molecule has 0 fully saturated rings. The number of nitrogens with zero attached hydrogens (tertiary/aromatic N) is 1. The monoisotopic (exact) mass is 238 g/mol. The van der Waals surface area contributed by atoms with Gasteiger partial charge in [-0.2, -0.15) is 0 Å². The van der Waals surface area contributed by atoms with Crippen molar-refractivity contribution < 1.29 is 0 Å². The van der Waals surface area contributed by atoms with E-state index in [9.17, 15) is 0 Å². The first-order chi connectivity index (χ1) is 4.33. The molecular weight excluding hydrogens is 227 g/mol. The zero-order valence-corrected chi connectivity index (χ0v) is 7.63. The summed E-state index contributed by atoms with van der Waals surface area (Å²) in [5.41, 5.74) is 0. The third-order valence-corrected chi connectivity index (χ3v) is 2.31. The summed E-state index contributed by atoms with van der Waals surface area (Å²) in [6, 6.07) is 0.585. The highest BCUT2D eigenvalue weighted by Crippen LogP contribution is 2.05. The van der Waals surface area contributed by atoms with Gasteiger partial charge in [-0.15, -0.1) is 0 Å². The lowest BCUT2D eigenvalue weighted by Crippen LogP contribution is -2.28. The van der Waals surface area contributed by atoms with Gasteiger partial charge in [0, 0.05) is 42.5 Å². The van der Waals surface area contributed by atoms with Crippen LogP contribution in [0.4, 0.5) is 0 Å². The van der Waals surface area contributed by atoms with Gasteiger partial charge in [0.25, 0.3) is 0 Å². The highest BCUT2D eigenvalue weighted by molar-refractivity contribution is 14.1. The van der Waals surface area contributed by atoms with Crippen molar-refractivity contribution >= 4 is 22.9 Å². The fraction of sp³-hybridized carbons (Fsp3) is 0.667. The van der Waals surface area contributed by atoms with Crippen molar-refractivity contribution in [3.05, 3.63) is 12.3 Å². The van der Waals surface area contributed by atoms with E-state index in [1.165, 1.54) is 6.42 Å². The molecule has 0 bridgehead atoms. The van der Waals surface area contributed by atoms with E-state index >= 15 is 0 Å². The van der Waals surface area contributed by atoms with Crippen LogP contribution in [0.5, 0.6) is 0 Å². The number of nitrogens with one attached hydrogen (secondary N) is 1. The number of halogens is 1. The van der Waals surface area contributed by atoms with E-state index in [0.29, 0.717) is 6.04 Å². The van der Waals surface area contributed by atoms with Crippen LogP contribution in [-0.4, -0.2) is 24.5 Å². The summed E-state index contributed by atoms with van der Waals surface area (Å²) in [5, 5.41) is 0. The Morgan fingerprint density at radius 3 is 3.00 bits per heavy atom. The first-order valence-electron chi connectivity index (χ1n) is 3.07. The van der Waals surface area contributed by atoms with Crippen molar-refractivity contribution in [2.75, 3.05) is 13.6 Å². The van der Waals surface area contributed by atoms with Crippen LogP contribution in [0.1, 0.15) is 6.42 Å². The minimum absolute atomic E-state index is 0.585. The molecule has 0 saturated heterocycles. The third kappa shape index (κ3) is 2.14. The smallest absolute Gasteiger partial charge is 0.0377 e. The van der Waals surface area contributed by atoms with Gasteiger partial charge in [-0.05, 0) is 12.6 Å². The Morgan fingerprint density at radius 2 is 2.56 bits per heavy atom. The zero-order valence-electron chi connectivity index (χ0n) is 5.47. The molecule has 0 radical (unpaired) electrons. The predicted molar refractivity (Wildman–Crippen MR) is 47.3 cm³/mol. The van der Waals surface area contributed by atoms with E-state index in [1.807, 2.05) is 0 Å². The summed E-state index contributed by atoms with van der Waals surface area (Å²) in [7, 11) is 2.10. The molecule has 0 spiro atoms. The second-order valence-corrected chi connectivity index (χ2v) is 2.95. The molecule has 1 rings (SSSR count). The van der Waals surface area contributed by atoms with Gasteiger partial charge in [0.05, 0.1) is 0 Å². The summed E-state index contributed by atoms with van der Waals surface area (Å²) < 4.78 is 3.18. The second kappa shape index (κ2) is 3.41. The standard InChI is InChI=1S/C6H11IN2/c1-9-4-2-6(8-7)3-5-9/h2,4,6,8H,3,5H2,1H3. The highest BCUT2D eigenvalue weighted by Gasteiger charge is 2.07. The van der Waals surface area contributed by atoms with Crippen molar-refractivity contribution in [1.29, 1.82) is 0 Å². The molecule has 52 valence electrons. The maximum atomic E-state index is 3.18. The van der Waals surface area contributed by atoms with Gasteiger partial charge < -0.3 is 4.90 Å². The average Bonchev–Trinajstić information content (AvgIpc) is 1.90. The first kappa shape index (κ1) is 7.34. The Labute approximate surface area is 69.8 Å². The second-order valence-electron chi connectivity index (χ2n) is 2.33. The largest absolute Gasteiger partial charge is 0.381 e. The van der Waals surface area contributed by atoms with E-state index in [2.05, 4.69) is 50.6 Å². The van der Waals surface area contributed by atoms with E-state index in [4.69, 9.17) is 0 Å². The van der Waals surface area contributed by atoms with Crippen molar-refractivity contribution in [2.45, 2.75) is 12.5 Å². The molecule has 1 unspecified atom stereocenters. The van der Waals surface area contributed by atoms with Gasteiger partial charge in [-0.3, -0.25) is 3.53 Å². The molecule has 1 heterocycles. The Morgan fingerprint density at radius 1 is 1.78 bits per heavy atom. The van der Waals surface area contributed by atoms with Gasteiger partial charge >= 0.3 is 0 Å². The minimum atomic E-state index is 0.585. The average molecular weight is 238 g/mol. The van der Waals surface area contributed by atoms with Crippen LogP contribution in [0, 0.1) is 0 Å². The fourth-order valence-corrected chi connectivity index (χ4v) is 1.37.